The highest BCUT2D eigenvalue weighted by atomic mass is 32.3. The molecule has 0 spiro atoms. The van der Waals surface area contributed by atoms with E-state index in [0.717, 1.165) is 25.7 Å². The first kappa shape index (κ1) is 76.0. The molecule has 48 nitrogen and oxygen atoms in total. The van der Waals surface area contributed by atoms with E-state index in [2.05, 4.69) is 20.9 Å². The van der Waals surface area contributed by atoms with Gasteiger partial charge >= 0.3 is 0 Å². The Morgan fingerprint density at radius 2 is 0.701 bits per heavy atom. The zero-order valence-electron chi connectivity index (χ0n) is 42.9. The summed E-state index contributed by atoms with van der Waals surface area (Å²) in [6, 6.07) is -7.82. The Kier molecular flexibility index (Phi) is 25.3. The molecule has 5 heterocycles. The van der Waals surface area contributed by atoms with Crippen molar-refractivity contribution < 1.29 is 203 Å². The van der Waals surface area contributed by atoms with Crippen LogP contribution in [0.1, 0.15) is 13.8 Å². The van der Waals surface area contributed by atoms with Crippen LogP contribution < -0.4 is 14.2 Å². The molecule has 514 valence electrons. The highest BCUT2D eigenvalue weighted by Crippen LogP contribution is 2.38. The SMILES string of the molecule is CO[C@@H]1OC(COS(=O)(=O)[O-])[C@@H](O[C@@H]2OC(C)[C@@H](O[C@@H]3OC(COS(=O)(=O)[O-])[C@@H](O[C@@H]4OC(C)[C@@H](O[C@@H]5OC(COS(=O)(=O)[O-])[C@@H](O)[C@H](O)C5NS(=O)(=O)[O-])[C@H](O)C4O)[C@H](OS(=O)(=O)[O-])C3NS(=O)(=O)[O-])[C@@H](O)C2OS(=O)(=O)[O-])[C@H](O)C1NS(=O)(=O)[O-]. The number of methoxy groups -OCH3 is 1. The molecule has 25 atom stereocenters. The van der Waals surface area contributed by atoms with Crippen molar-refractivity contribution in [3.63, 3.8) is 0 Å². The van der Waals surface area contributed by atoms with Gasteiger partial charge in [-0.3, -0.25) is 20.9 Å². The molecular formula is C31H49N3O45S8-8. The quantitative estimate of drug-likeness (QED) is 0.0259. The van der Waals surface area contributed by atoms with Crippen LogP contribution in [0.3, 0.4) is 0 Å². The van der Waals surface area contributed by atoms with Crippen LogP contribution in [0.5, 0.6) is 0 Å². The minimum absolute atomic E-state index is 0.760. The van der Waals surface area contributed by atoms with E-state index < -0.39 is 256 Å². The van der Waals surface area contributed by atoms with Gasteiger partial charge in [-0.05, 0) is 13.8 Å². The molecule has 5 aliphatic heterocycles. The van der Waals surface area contributed by atoms with Crippen molar-refractivity contribution in [3.8, 4) is 0 Å². The topological polar surface area (TPSA) is 754 Å². The fourth-order valence-electron chi connectivity index (χ4n) is 8.96. The number of hydrogen-bond acceptors (Lipinski definition) is 45. The third-order valence-corrected chi connectivity index (χ3v) is 16.2. The molecule has 0 aromatic heterocycles. The van der Waals surface area contributed by atoms with Gasteiger partial charge in [0.05, 0.1) is 32.0 Å². The van der Waals surface area contributed by atoms with Gasteiger partial charge in [0.15, 0.2) is 68.5 Å². The van der Waals surface area contributed by atoms with Crippen LogP contribution in [-0.4, -0.2) is 315 Å². The second-order valence-electron chi connectivity index (χ2n) is 18.4. The lowest BCUT2D eigenvalue weighted by Crippen LogP contribution is -2.70. The van der Waals surface area contributed by atoms with Gasteiger partial charge in [-0.1, -0.05) is 0 Å². The van der Waals surface area contributed by atoms with E-state index in [9.17, 15) is 134 Å². The van der Waals surface area contributed by atoms with Crippen molar-refractivity contribution in [1.29, 1.82) is 0 Å². The Labute approximate surface area is 491 Å². The Morgan fingerprint density at radius 3 is 1.15 bits per heavy atom. The Morgan fingerprint density at radius 1 is 0.345 bits per heavy atom. The Bertz CT molecular complexity index is 3270. The van der Waals surface area contributed by atoms with E-state index in [1.807, 2.05) is 0 Å². The van der Waals surface area contributed by atoms with Gasteiger partial charge in [0.1, 0.15) is 104 Å². The Balaban J connectivity index is 1.53. The van der Waals surface area contributed by atoms with Crippen molar-refractivity contribution >= 4 is 82.9 Å². The van der Waals surface area contributed by atoms with Crippen molar-refractivity contribution in [2.24, 2.45) is 0 Å². The highest BCUT2D eigenvalue weighted by molar-refractivity contribution is 7.84. The summed E-state index contributed by atoms with van der Waals surface area (Å²) in [6.45, 7) is -3.25. The second kappa shape index (κ2) is 28.9. The van der Waals surface area contributed by atoms with Crippen molar-refractivity contribution in [2.45, 2.75) is 167 Å². The molecule has 9 N–H and O–H groups in total. The van der Waals surface area contributed by atoms with Crippen molar-refractivity contribution in [2.75, 3.05) is 26.9 Å². The van der Waals surface area contributed by atoms with Gasteiger partial charge in [0.2, 0.25) is 52.0 Å². The fourth-order valence-corrected chi connectivity index (χ4v) is 12.6. The summed E-state index contributed by atoms with van der Waals surface area (Å²) in [5, 5.41) is 66.8. The molecule has 0 bridgehead atoms. The van der Waals surface area contributed by atoms with Crippen LogP contribution >= 0.6 is 0 Å². The molecule has 10 unspecified atom stereocenters. The largest absolute Gasteiger partial charge is 0.735 e. The van der Waals surface area contributed by atoms with Gasteiger partial charge < -0.3 is 114 Å². The maximum atomic E-state index is 12.5. The number of aliphatic hydroxyl groups is 6. The van der Waals surface area contributed by atoms with Gasteiger partial charge in [-0.25, -0.2) is 81.5 Å². The summed E-state index contributed by atoms with van der Waals surface area (Å²) in [7, 11) is -46.8. The normalized spacial score (nSPS) is 40.0. The maximum absolute atomic E-state index is 12.5. The minimum Gasteiger partial charge on any atom is -0.735 e. The molecule has 5 saturated heterocycles. The molecule has 0 saturated carbocycles. The summed E-state index contributed by atoms with van der Waals surface area (Å²) >= 11 is 0. The van der Waals surface area contributed by atoms with E-state index in [-0.39, 0.29) is 0 Å². The van der Waals surface area contributed by atoms with Gasteiger partial charge in [0, 0.05) is 7.11 Å². The predicted octanol–water partition coefficient (Wildman–Crippen LogP) is -14.6. The molecule has 5 fully saturated rings. The summed E-state index contributed by atoms with van der Waals surface area (Å²) in [5.41, 5.74) is 0. The molecule has 0 amide bonds. The van der Waals surface area contributed by atoms with Crippen molar-refractivity contribution in [1.82, 2.24) is 14.2 Å². The first-order valence-electron chi connectivity index (χ1n) is 23.1. The van der Waals surface area contributed by atoms with E-state index >= 15 is 0 Å². The third-order valence-electron chi connectivity index (χ3n) is 12.4. The van der Waals surface area contributed by atoms with Crippen LogP contribution in [0.25, 0.3) is 0 Å². The molecule has 87 heavy (non-hydrogen) atoms. The lowest BCUT2D eigenvalue weighted by Gasteiger charge is -2.51. The minimum atomic E-state index is -6.45. The van der Waals surface area contributed by atoms with Gasteiger partial charge in [-0.15, -0.1) is 0 Å². The standard InChI is InChI=1S/C31H57N3O45S8/c1-7-21(74-28-12(32-80(41,42)43)16(36)15(35)9(71-28)4-66-83(50,51)52)18(38)19(39)30(69-7)77-24-11(6-68-85(56,57)58)73-29(14(34-82(47,48)49)25(24)78-86(59,60)61)75-22-8(2)70-31(26(20(22)40)79-87(62,63)64)76-23-10(5-67-84(53,54)55)72-27(65-3)13(17(23)37)33-81(44,45)46/h7-40H,4-6H2,1-3H3,(H,41,42,43)(H,44,45,46)(H,47,48,49)(H,50,51,52)(H,53,54,55)(H,56,57,58)(H,59,60,61)(H,62,63,64)/p-8/t7?,8?,9?,10?,11?,12?,13?,14?,15-,16-,17-,18-,19?,20-,21-,22-,23-,24-,25-,26?,27-,28+,29+,30+,31+/m1/s1. The summed E-state index contributed by atoms with van der Waals surface area (Å²) < 4.78 is 363. The third kappa shape index (κ3) is 22.5. The highest BCUT2D eigenvalue weighted by Gasteiger charge is 2.58. The zero-order chi connectivity index (χ0) is 66.3. The number of hydrogen-bond donors (Lipinski definition) is 9. The van der Waals surface area contributed by atoms with Crippen LogP contribution in [0.15, 0.2) is 0 Å². The van der Waals surface area contributed by atoms with Crippen LogP contribution in [0.4, 0.5) is 0 Å². The predicted molar refractivity (Wildman–Crippen MR) is 243 cm³/mol. The molecular weight excluding hydrogens is 1390 g/mol. The van der Waals surface area contributed by atoms with Crippen LogP contribution in [0.2, 0.25) is 0 Å². The number of aliphatic hydroxyl groups excluding tert-OH is 6. The van der Waals surface area contributed by atoms with Crippen LogP contribution in [0, 0.1) is 0 Å². The van der Waals surface area contributed by atoms with E-state index in [1.165, 1.54) is 9.44 Å². The maximum Gasteiger partial charge on any atom is 0.218 e. The molecule has 0 aliphatic carbocycles. The average Bonchev–Trinajstić information content (AvgIpc) is 0.928. The Hall–Kier alpha value is -1.68. The smallest absolute Gasteiger partial charge is 0.218 e. The summed E-state index contributed by atoms with van der Waals surface area (Å²) in [5.74, 6) is 0. The van der Waals surface area contributed by atoms with Crippen molar-refractivity contribution in [3.05, 3.63) is 0 Å². The molecule has 56 heteroatoms. The van der Waals surface area contributed by atoms with E-state index in [4.69, 9.17) is 47.4 Å². The molecule has 5 aliphatic rings. The first-order valence-corrected chi connectivity index (χ1v) is 34.0. The first-order chi connectivity index (χ1) is 39.3. The lowest BCUT2D eigenvalue weighted by atomic mass is 9.94. The number of rotatable bonds is 28. The summed E-state index contributed by atoms with van der Waals surface area (Å²) in [4.78, 5) is 0. The average molecular weight is 1440 g/mol. The van der Waals surface area contributed by atoms with E-state index in [0.29, 0.717) is 0 Å². The van der Waals surface area contributed by atoms with Crippen LogP contribution in [-0.2, 0) is 151 Å². The second-order valence-corrected chi connectivity index (χ2v) is 27.0. The fraction of sp³-hybridized carbons (Fsp3) is 1.00. The monoisotopic (exact) mass is 1440 g/mol. The number of nitrogens with one attached hydrogen (secondary N) is 3. The lowest BCUT2D eigenvalue weighted by molar-refractivity contribution is -0.374. The van der Waals surface area contributed by atoms with Gasteiger partial charge in [-0.2, -0.15) is 0 Å². The molecule has 0 aromatic rings. The summed E-state index contributed by atoms with van der Waals surface area (Å²) in [6.07, 6.45) is -56.7. The molecule has 5 rings (SSSR count). The zero-order valence-corrected chi connectivity index (χ0v) is 49.5. The molecule has 0 radical (unpaired) electrons. The van der Waals surface area contributed by atoms with E-state index in [1.54, 1.807) is 0 Å². The van der Waals surface area contributed by atoms with Gasteiger partial charge in [0.25, 0.3) is 0 Å². The number of ether oxygens (including phenoxy) is 10. The molecule has 0 aromatic carbocycles.